The number of piperidine rings is 1. The van der Waals surface area contributed by atoms with Crippen molar-refractivity contribution in [3.63, 3.8) is 0 Å². The molecule has 1 aliphatic heterocycles. The Hall–Kier alpha value is -3.61. The number of hydrogen-bond acceptors (Lipinski definition) is 5. The van der Waals surface area contributed by atoms with Crippen molar-refractivity contribution in [1.82, 2.24) is 24.9 Å². The van der Waals surface area contributed by atoms with Crippen molar-refractivity contribution in [1.29, 1.82) is 0 Å². The van der Waals surface area contributed by atoms with Crippen molar-refractivity contribution in [3.8, 4) is 0 Å². The summed E-state index contributed by atoms with van der Waals surface area (Å²) in [4.78, 5) is 32.0. The molecule has 0 spiro atoms. The van der Waals surface area contributed by atoms with Crippen molar-refractivity contribution in [2.75, 3.05) is 13.1 Å². The number of likely N-dealkylation sites (tertiary alicyclic amines) is 1. The molecule has 1 aliphatic rings. The highest BCUT2D eigenvalue weighted by molar-refractivity contribution is 6.05. The molecule has 3 heterocycles. The quantitative estimate of drug-likeness (QED) is 0.530. The van der Waals surface area contributed by atoms with E-state index in [-0.39, 0.29) is 17.5 Å². The second-order valence-corrected chi connectivity index (χ2v) is 7.26. The van der Waals surface area contributed by atoms with E-state index in [1.165, 1.54) is 4.68 Å². The highest BCUT2D eigenvalue weighted by Gasteiger charge is 2.27. The molecule has 1 fully saturated rings. The van der Waals surface area contributed by atoms with E-state index in [2.05, 4.69) is 15.3 Å². The Balaban J connectivity index is 1.37. The summed E-state index contributed by atoms with van der Waals surface area (Å²) in [5.41, 5.74) is 0.948. The fraction of sp³-hybridized carbons (Fsp3) is 0.227. The van der Waals surface area contributed by atoms with Gasteiger partial charge >= 0.3 is 0 Å². The molecule has 1 saturated heterocycles. The van der Waals surface area contributed by atoms with Crippen molar-refractivity contribution < 1.29 is 4.79 Å². The number of pyridine rings is 1. The second-order valence-electron chi connectivity index (χ2n) is 7.26. The Labute approximate surface area is 166 Å². The van der Waals surface area contributed by atoms with Gasteiger partial charge in [-0.15, -0.1) is 5.10 Å². The molecule has 2 aromatic heterocycles. The van der Waals surface area contributed by atoms with Gasteiger partial charge in [0.15, 0.2) is 0 Å². The highest BCUT2D eigenvalue weighted by Crippen LogP contribution is 2.24. The molecule has 0 bridgehead atoms. The first kappa shape index (κ1) is 17.5. The number of rotatable bonds is 2. The van der Waals surface area contributed by atoms with Crippen LogP contribution in [-0.4, -0.2) is 43.9 Å². The van der Waals surface area contributed by atoms with Gasteiger partial charge < -0.3 is 4.90 Å². The Morgan fingerprint density at radius 3 is 2.48 bits per heavy atom. The third kappa shape index (κ3) is 3.04. The second kappa shape index (κ2) is 7.09. The number of carbonyl (C=O) groups is 1. The minimum atomic E-state index is -0.129. The van der Waals surface area contributed by atoms with E-state index in [1.807, 2.05) is 47.4 Å². The summed E-state index contributed by atoms with van der Waals surface area (Å²) in [6, 6.07) is 16.8. The molecule has 0 radical (unpaired) electrons. The third-order valence-corrected chi connectivity index (χ3v) is 5.57. The Morgan fingerprint density at radius 1 is 0.931 bits per heavy atom. The Kier molecular flexibility index (Phi) is 4.27. The average Bonchev–Trinajstić information content (AvgIpc) is 2.79. The third-order valence-electron chi connectivity index (χ3n) is 5.57. The van der Waals surface area contributed by atoms with Crippen molar-refractivity contribution in [2.45, 2.75) is 18.9 Å². The molecule has 0 N–H and O–H groups in total. The number of aromatic nitrogens is 4. The lowest BCUT2D eigenvalue weighted by molar-refractivity contribution is 0.0683. The standard InChI is InChI=1S/C22H19N5O2/c28-21-18-7-3-4-8-19(18)24-25-27(21)16-10-13-26(14-11-16)22(29)20-17-6-2-1-5-15(17)9-12-23-20/h1-9,12,16H,10-11,13-14H2. The topological polar surface area (TPSA) is 81.0 Å². The van der Waals surface area contributed by atoms with Crippen LogP contribution in [0.1, 0.15) is 29.4 Å². The minimum absolute atomic E-state index is 0.0656. The first-order valence-corrected chi connectivity index (χ1v) is 9.69. The number of nitrogens with zero attached hydrogens (tertiary/aromatic N) is 5. The van der Waals surface area contributed by atoms with Gasteiger partial charge in [0.25, 0.3) is 11.5 Å². The van der Waals surface area contributed by atoms with Gasteiger partial charge in [-0.05, 0) is 36.4 Å². The van der Waals surface area contributed by atoms with Crippen LogP contribution in [0.25, 0.3) is 21.7 Å². The molecule has 7 heteroatoms. The molecule has 0 unspecified atom stereocenters. The molecule has 1 amide bonds. The summed E-state index contributed by atoms with van der Waals surface area (Å²) < 4.78 is 1.47. The van der Waals surface area contributed by atoms with E-state index in [9.17, 15) is 9.59 Å². The maximum atomic E-state index is 13.1. The lowest BCUT2D eigenvalue weighted by Gasteiger charge is -2.32. The summed E-state index contributed by atoms with van der Waals surface area (Å²) >= 11 is 0. The van der Waals surface area contributed by atoms with Gasteiger partial charge in [0, 0.05) is 24.7 Å². The Morgan fingerprint density at radius 2 is 1.66 bits per heavy atom. The number of hydrogen-bond donors (Lipinski definition) is 0. The monoisotopic (exact) mass is 385 g/mol. The van der Waals surface area contributed by atoms with Crippen molar-refractivity contribution >= 4 is 27.6 Å². The first-order valence-electron chi connectivity index (χ1n) is 9.69. The van der Waals surface area contributed by atoms with Gasteiger partial charge in [-0.25, -0.2) is 4.68 Å². The largest absolute Gasteiger partial charge is 0.337 e. The summed E-state index contributed by atoms with van der Waals surface area (Å²) in [7, 11) is 0. The fourth-order valence-electron chi connectivity index (χ4n) is 3.99. The summed E-state index contributed by atoms with van der Waals surface area (Å²) in [6.07, 6.45) is 2.99. The number of carbonyl (C=O) groups excluding carboxylic acids is 1. The smallest absolute Gasteiger partial charge is 0.277 e. The van der Waals surface area contributed by atoms with Gasteiger partial charge in [-0.3, -0.25) is 14.6 Å². The molecule has 5 rings (SSSR count). The van der Waals surface area contributed by atoms with Crippen LogP contribution in [0.2, 0.25) is 0 Å². The van der Waals surface area contributed by atoms with Gasteiger partial charge in [0.05, 0.1) is 11.4 Å². The van der Waals surface area contributed by atoms with Crippen LogP contribution in [0.15, 0.2) is 65.6 Å². The van der Waals surface area contributed by atoms with E-state index in [1.54, 1.807) is 18.3 Å². The van der Waals surface area contributed by atoms with Crippen LogP contribution in [-0.2, 0) is 0 Å². The maximum absolute atomic E-state index is 13.1. The number of amides is 1. The Bertz CT molecular complexity index is 1270. The SMILES string of the molecule is O=C(c1nccc2ccccc12)N1CCC(n2nnc3ccccc3c2=O)CC1. The molecular formula is C22H19N5O2. The molecule has 144 valence electrons. The molecular weight excluding hydrogens is 366 g/mol. The highest BCUT2D eigenvalue weighted by atomic mass is 16.2. The molecule has 4 aromatic rings. The maximum Gasteiger partial charge on any atom is 0.277 e. The van der Waals surface area contributed by atoms with Crippen LogP contribution in [0.5, 0.6) is 0 Å². The van der Waals surface area contributed by atoms with E-state index in [0.29, 0.717) is 42.5 Å². The molecule has 0 aliphatic carbocycles. The van der Waals surface area contributed by atoms with Crippen LogP contribution in [0, 0.1) is 0 Å². The predicted molar refractivity (Wildman–Crippen MR) is 110 cm³/mol. The lowest BCUT2D eigenvalue weighted by atomic mass is 10.0. The normalized spacial score (nSPS) is 15.1. The lowest BCUT2D eigenvalue weighted by Crippen LogP contribution is -2.42. The van der Waals surface area contributed by atoms with Gasteiger partial charge in [-0.2, -0.15) is 0 Å². The molecule has 29 heavy (non-hydrogen) atoms. The molecule has 0 atom stereocenters. The first-order chi connectivity index (χ1) is 14.2. The number of benzene rings is 2. The van der Waals surface area contributed by atoms with Gasteiger partial charge in [-0.1, -0.05) is 41.6 Å². The van der Waals surface area contributed by atoms with E-state index >= 15 is 0 Å². The average molecular weight is 385 g/mol. The van der Waals surface area contributed by atoms with Gasteiger partial charge in [0.2, 0.25) is 0 Å². The van der Waals surface area contributed by atoms with E-state index in [4.69, 9.17) is 0 Å². The minimum Gasteiger partial charge on any atom is -0.337 e. The van der Waals surface area contributed by atoms with Crippen LogP contribution < -0.4 is 5.56 Å². The van der Waals surface area contributed by atoms with E-state index in [0.717, 1.165) is 10.8 Å². The molecule has 7 nitrogen and oxygen atoms in total. The van der Waals surface area contributed by atoms with E-state index < -0.39 is 0 Å². The zero-order chi connectivity index (χ0) is 19.8. The van der Waals surface area contributed by atoms with Crippen molar-refractivity contribution in [3.05, 3.63) is 76.8 Å². The van der Waals surface area contributed by atoms with Gasteiger partial charge in [0.1, 0.15) is 11.2 Å². The van der Waals surface area contributed by atoms with Crippen LogP contribution >= 0.6 is 0 Å². The molecule has 0 saturated carbocycles. The zero-order valence-electron chi connectivity index (χ0n) is 15.7. The zero-order valence-corrected chi connectivity index (χ0v) is 15.7. The molecule has 2 aromatic carbocycles. The van der Waals surface area contributed by atoms with Crippen LogP contribution in [0.3, 0.4) is 0 Å². The summed E-state index contributed by atoms with van der Waals surface area (Å²) in [6.45, 7) is 1.10. The summed E-state index contributed by atoms with van der Waals surface area (Å²) in [5.74, 6) is -0.0720. The van der Waals surface area contributed by atoms with Crippen LogP contribution in [0.4, 0.5) is 0 Å². The van der Waals surface area contributed by atoms with Crippen molar-refractivity contribution in [2.24, 2.45) is 0 Å². The number of fused-ring (bicyclic) bond motifs is 2. The fourth-order valence-corrected chi connectivity index (χ4v) is 3.99. The predicted octanol–water partition coefficient (Wildman–Crippen LogP) is 2.82. The summed E-state index contributed by atoms with van der Waals surface area (Å²) in [5, 5.41) is 10.7.